The number of rotatable bonds is 4. The topological polar surface area (TPSA) is 66.5 Å². The summed E-state index contributed by atoms with van der Waals surface area (Å²) in [4.78, 5) is 16.9. The third-order valence-corrected chi connectivity index (χ3v) is 4.10. The highest BCUT2D eigenvalue weighted by Crippen LogP contribution is 2.32. The zero-order chi connectivity index (χ0) is 13.9. The van der Waals surface area contributed by atoms with Crippen LogP contribution in [0.2, 0.25) is 0 Å². The van der Waals surface area contributed by atoms with Crippen LogP contribution in [0.3, 0.4) is 0 Å². The number of nitrogens with one attached hydrogen (secondary N) is 2. The number of H-pyrrole nitrogens is 1. The fraction of sp³-hybridized carbons (Fsp3) is 0.214. The molecule has 3 aromatic rings. The van der Waals surface area contributed by atoms with Crippen LogP contribution in [0.1, 0.15) is 11.1 Å². The number of nitrogens with zero attached hydrogens (tertiary/aromatic N) is 3. The van der Waals surface area contributed by atoms with E-state index >= 15 is 0 Å². The number of imidazole rings is 1. The summed E-state index contributed by atoms with van der Waals surface area (Å²) >= 11 is 1.63. The molecular weight excluding hydrogens is 270 g/mol. The van der Waals surface area contributed by atoms with Gasteiger partial charge in [-0.3, -0.25) is 0 Å². The van der Waals surface area contributed by atoms with Crippen LogP contribution in [0.5, 0.6) is 0 Å². The Morgan fingerprint density at radius 1 is 1.25 bits per heavy atom. The SMILES string of the molecule is CNCc1cc(C)ccc1Sc1ncnc2nc[nH]c12. The Hall–Kier alpha value is -1.92. The molecule has 102 valence electrons. The number of hydrogen-bond donors (Lipinski definition) is 2. The maximum absolute atomic E-state index is 4.36. The van der Waals surface area contributed by atoms with Crippen LogP contribution >= 0.6 is 11.8 Å². The summed E-state index contributed by atoms with van der Waals surface area (Å²) in [6, 6.07) is 6.45. The van der Waals surface area contributed by atoms with Crippen LogP contribution in [0.25, 0.3) is 11.2 Å². The lowest BCUT2D eigenvalue weighted by Crippen LogP contribution is -2.06. The first kappa shape index (κ1) is 13.1. The Balaban J connectivity index is 2.00. The van der Waals surface area contributed by atoms with Gasteiger partial charge in [0.25, 0.3) is 0 Å². The van der Waals surface area contributed by atoms with Crippen LogP contribution in [-0.2, 0) is 6.54 Å². The van der Waals surface area contributed by atoms with Gasteiger partial charge in [-0.05, 0) is 25.6 Å². The zero-order valence-electron chi connectivity index (χ0n) is 11.3. The lowest BCUT2D eigenvalue weighted by atomic mass is 10.1. The Kier molecular flexibility index (Phi) is 3.66. The number of aromatic amines is 1. The van der Waals surface area contributed by atoms with Crippen molar-refractivity contribution >= 4 is 22.9 Å². The van der Waals surface area contributed by atoms with Crippen molar-refractivity contribution in [2.45, 2.75) is 23.4 Å². The maximum Gasteiger partial charge on any atom is 0.181 e. The normalized spacial score (nSPS) is 11.1. The molecule has 20 heavy (non-hydrogen) atoms. The van der Waals surface area contributed by atoms with Crippen LogP contribution < -0.4 is 5.32 Å². The highest BCUT2D eigenvalue weighted by Gasteiger charge is 2.10. The summed E-state index contributed by atoms with van der Waals surface area (Å²) in [6.07, 6.45) is 3.20. The lowest BCUT2D eigenvalue weighted by Gasteiger charge is -2.09. The molecule has 0 unspecified atom stereocenters. The fourth-order valence-electron chi connectivity index (χ4n) is 2.06. The molecule has 0 aliphatic heterocycles. The van der Waals surface area contributed by atoms with E-state index in [-0.39, 0.29) is 0 Å². The van der Waals surface area contributed by atoms with Gasteiger partial charge in [-0.1, -0.05) is 29.5 Å². The molecule has 6 heteroatoms. The number of aryl methyl sites for hydroxylation is 1. The summed E-state index contributed by atoms with van der Waals surface area (Å²) in [7, 11) is 1.95. The summed E-state index contributed by atoms with van der Waals surface area (Å²) < 4.78 is 0. The predicted octanol–water partition coefficient (Wildman–Crippen LogP) is 2.53. The number of fused-ring (bicyclic) bond motifs is 1. The first-order valence-corrected chi connectivity index (χ1v) is 7.15. The molecule has 0 aliphatic rings. The van der Waals surface area contributed by atoms with Gasteiger partial charge in [0.15, 0.2) is 5.65 Å². The molecule has 0 saturated carbocycles. The Morgan fingerprint density at radius 3 is 3.00 bits per heavy atom. The first-order valence-electron chi connectivity index (χ1n) is 6.34. The minimum atomic E-state index is 0.699. The minimum Gasteiger partial charge on any atom is -0.341 e. The summed E-state index contributed by atoms with van der Waals surface area (Å²) in [5, 5.41) is 4.10. The summed E-state index contributed by atoms with van der Waals surface area (Å²) in [5.74, 6) is 0. The molecule has 0 atom stereocenters. The van der Waals surface area contributed by atoms with Crippen molar-refractivity contribution in [3.63, 3.8) is 0 Å². The van der Waals surface area contributed by atoms with Gasteiger partial charge in [-0.25, -0.2) is 15.0 Å². The van der Waals surface area contributed by atoms with Crippen molar-refractivity contribution in [2.75, 3.05) is 7.05 Å². The summed E-state index contributed by atoms with van der Waals surface area (Å²) in [6.45, 7) is 2.94. The van der Waals surface area contributed by atoms with Gasteiger partial charge < -0.3 is 10.3 Å². The van der Waals surface area contributed by atoms with E-state index in [2.05, 4.69) is 50.4 Å². The van der Waals surface area contributed by atoms with Crippen molar-refractivity contribution in [1.82, 2.24) is 25.3 Å². The minimum absolute atomic E-state index is 0.699. The van der Waals surface area contributed by atoms with E-state index < -0.39 is 0 Å². The van der Waals surface area contributed by atoms with Gasteiger partial charge in [0.2, 0.25) is 0 Å². The van der Waals surface area contributed by atoms with E-state index in [1.807, 2.05) is 7.05 Å². The van der Waals surface area contributed by atoms with Crippen molar-refractivity contribution < 1.29 is 0 Å². The van der Waals surface area contributed by atoms with Crippen molar-refractivity contribution in [1.29, 1.82) is 0 Å². The third kappa shape index (κ3) is 2.52. The van der Waals surface area contributed by atoms with Gasteiger partial charge >= 0.3 is 0 Å². The second-order valence-corrected chi connectivity index (χ2v) is 5.55. The van der Waals surface area contributed by atoms with Gasteiger partial charge in [-0.2, -0.15) is 0 Å². The van der Waals surface area contributed by atoms with Gasteiger partial charge in [-0.15, -0.1) is 0 Å². The molecule has 2 aromatic heterocycles. The molecule has 0 amide bonds. The molecule has 3 rings (SSSR count). The number of benzene rings is 1. The average Bonchev–Trinajstić information content (AvgIpc) is 2.91. The second-order valence-electron chi connectivity index (χ2n) is 4.52. The zero-order valence-corrected chi connectivity index (χ0v) is 12.2. The molecule has 0 saturated heterocycles. The summed E-state index contributed by atoms with van der Waals surface area (Å²) in [5.41, 5.74) is 4.11. The van der Waals surface area contributed by atoms with E-state index in [9.17, 15) is 0 Å². The van der Waals surface area contributed by atoms with Crippen LogP contribution in [0, 0.1) is 6.92 Å². The van der Waals surface area contributed by atoms with E-state index in [0.717, 1.165) is 17.1 Å². The highest BCUT2D eigenvalue weighted by atomic mass is 32.2. The molecule has 0 bridgehead atoms. The van der Waals surface area contributed by atoms with E-state index in [4.69, 9.17) is 0 Å². The number of hydrogen-bond acceptors (Lipinski definition) is 5. The Morgan fingerprint density at radius 2 is 2.15 bits per heavy atom. The monoisotopic (exact) mass is 285 g/mol. The standard InChI is InChI=1S/C14H15N5S/c1-9-3-4-11(10(5-9)6-15-2)20-14-12-13(17-7-16-12)18-8-19-14/h3-5,7-8,15H,6H2,1-2H3,(H,16,17,18,19). The van der Waals surface area contributed by atoms with E-state index in [0.29, 0.717) is 5.65 Å². The largest absolute Gasteiger partial charge is 0.341 e. The molecule has 5 nitrogen and oxygen atoms in total. The van der Waals surface area contributed by atoms with Crippen LogP contribution in [-0.4, -0.2) is 27.0 Å². The number of aromatic nitrogens is 4. The van der Waals surface area contributed by atoms with Crippen LogP contribution in [0.4, 0.5) is 0 Å². The molecule has 2 N–H and O–H groups in total. The first-order chi connectivity index (χ1) is 9.78. The van der Waals surface area contributed by atoms with Crippen molar-refractivity contribution in [3.8, 4) is 0 Å². The average molecular weight is 285 g/mol. The van der Waals surface area contributed by atoms with Gasteiger partial charge in [0.05, 0.1) is 6.33 Å². The molecule has 0 fully saturated rings. The van der Waals surface area contributed by atoms with Gasteiger partial charge in [0, 0.05) is 11.4 Å². The molecule has 1 aromatic carbocycles. The van der Waals surface area contributed by atoms with E-state index in [1.165, 1.54) is 16.0 Å². The predicted molar refractivity (Wildman–Crippen MR) is 79.7 cm³/mol. The fourth-order valence-corrected chi connectivity index (χ4v) is 3.02. The molecule has 0 spiro atoms. The second kappa shape index (κ2) is 5.60. The molecule has 2 heterocycles. The van der Waals surface area contributed by atoms with Crippen molar-refractivity contribution in [3.05, 3.63) is 42.0 Å². The Labute approximate surface area is 121 Å². The molecule has 0 radical (unpaired) electrons. The maximum atomic E-state index is 4.36. The van der Waals surface area contributed by atoms with Crippen LogP contribution in [0.15, 0.2) is 40.8 Å². The van der Waals surface area contributed by atoms with E-state index in [1.54, 1.807) is 24.4 Å². The third-order valence-electron chi connectivity index (χ3n) is 2.98. The lowest BCUT2D eigenvalue weighted by molar-refractivity contribution is 0.802. The molecule has 0 aliphatic carbocycles. The Bertz CT molecular complexity index is 737. The van der Waals surface area contributed by atoms with Gasteiger partial charge in [0.1, 0.15) is 16.9 Å². The van der Waals surface area contributed by atoms with Crippen molar-refractivity contribution in [2.24, 2.45) is 0 Å². The highest BCUT2D eigenvalue weighted by molar-refractivity contribution is 7.99. The quantitative estimate of drug-likeness (QED) is 0.721. The molecular formula is C14H15N5S. The smallest absolute Gasteiger partial charge is 0.181 e.